The average Bonchev–Trinajstić information content (AvgIpc) is 2.69. The molecule has 4 N–H and O–H groups in total. The Kier molecular flexibility index (Phi) is 12.4. The number of aliphatic carboxylic acids is 4. The minimum absolute atomic E-state index is 0.0205. The van der Waals surface area contributed by atoms with Crippen molar-refractivity contribution in [1.82, 2.24) is 14.7 Å². The summed E-state index contributed by atoms with van der Waals surface area (Å²) in [6, 6.07) is 6.96. The molecule has 1 aromatic rings. The number of nitrogens with zero attached hydrogens (tertiary/aromatic N) is 4. The zero-order chi connectivity index (χ0) is 24.8. The SMILES string of the molecule is O=C(O)CN(CCN(CC(=O)O)CC(=O)O)CCN(CC(=O)O)Cc1ccc(N=C=S)cc1. The van der Waals surface area contributed by atoms with E-state index in [4.69, 9.17) is 10.2 Å². The van der Waals surface area contributed by atoms with Crippen molar-refractivity contribution in [2.45, 2.75) is 6.54 Å². The monoisotopic (exact) mass is 482 g/mol. The van der Waals surface area contributed by atoms with E-state index in [-0.39, 0.29) is 39.3 Å². The lowest BCUT2D eigenvalue weighted by atomic mass is 10.2. The molecule has 0 fully saturated rings. The molecule has 0 aliphatic carbocycles. The van der Waals surface area contributed by atoms with Crippen LogP contribution in [0, 0.1) is 0 Å². The predicted octanol–water partition coefficient (Wildman–Crippen LogP) is 0.165. The Labute approximate surface area is 195 Å². The fourth-order valence-corrected chi connectivity index (χ4v) is 3.12. The largest absolute Gasteiger partial charge is 0.480 e. The molecule has 0 unspecified atom stereocenters. The lowest BCUT2D eigenvalue weighted by Crippen LogP contribution is -2.44. The van der Waals surface area contributed by atoms with E-state index in [9.17, 15) is 29.4 Å². The molecule has 0 atom stereocenters. The number of aliphatic imine (C=N–C) groups is 1. The number of carboxylic acids is 4. The maximum atomic E-state index is 11.3. The number of thiocarbonyl (C=S) groups is 1. The molecule has 0 bridgehead atoms. The summed E-state index contributed by atoms with van der Waals surface area (Å²) < 4.78 is 0. The Hall–Kier alpha value is -3.22. The first-order chi connectivity index (χ1) is 15.6. The fourth-order valence-electron chi connectivity index (χ4n) is 3.02. The van der Waals surface area contributed by atoms with Crippen LogP contribution in [0.1, 0.15) is 5.56 Å². The van der Waals surface area contributed by atoms with Crippen molar-refractivity contribution in [1.29, 1.82) is 0 Å². The average molecular weight is 483 g/mol. The Morgan fingerprint density at radius 2 is 1.09 bits per heavy atom. The van der Waals surface area contributed by atoms with Crippen LogP contribution in [0.4, 0.5) is 5.69 Å². The smallest absolute Gasteiger partial charge is 0.317 e. The van der Waals surface area contributed by atoms with E-state index in [0.717, 1.165) is 5.56 Å². The number of rotatable bonds is 17. The summed E-state index contributed by atoms with van der Waals surface area (Å²) in [5.41, 5.74) is 1.43. The Morgan fingerprint density at radius 3 is 1.55 bits per heavy atom. The van der Waals surface area contributed by atoms with Crippen LogP contribution in [0.3, 0.4) is 0 Å². The van der Waals surface area contributed by atoms with E-state index >= 15 is 0 Å². The summed E-state index contributed by atoms with van der Waals surface area (Å²) in [7, 11) is 0. The van der Waals surface area contributed by atoms with Crippen molar-refractivity contribution in [3.63, 3.8) is 0 Å². The van der Waals surface area contributed by atoms with Gasteiger partial charge in [-0.3, -0.25) is 33.9 Å². The van der Waals surface area contributed by atoms with E-state index in [1.807, 2.05) is 0 Å². The minimum Gasteiger partial charge on any atom is -0.480 e. The summed E-state index contributed by atoms with van der Waals surface area (Å²) in [6.45, 7) is -0.824. The van der Waals surface area contributed by atoms with Gasteiger partial charge in [-0.25, -0.2) is 0 Å². The number of carbonyl (C=O) groups is 4. The van der Waals surface area contributed by atoms with Gasteiger partial charge in [0.15, 0.2) is 0 Å². The molecule has 12 nitrogen and oxygen atoms in total. The molecular weight excluding hydrogens is 456 g/mol. The van der Waals surface area contributed by atoms with Crippen LogP contribution in [0.25, 0.3) is 0 Å². The Balaban J connectivity index is 2.80. The number of hydrogen-bond acceptors (Lipinski definition) is 9. The molecule has 1 rings (SSSR count). The molecule has 33 heavy (non-hydrogen) atoms. The van der Waals surface area contributed by atoms with E-state index in [1.165, 1.54) is 9.80 Å². The second-order valence-electron chi connectivity index (χ2n) is 7.14. The van der Waals surface area contributed by atoms with Crippen LogP contribution in [0.5, 0.6) is 0 Å². The lowest BCUT2D eigenvalue weighted by Gasteiger charge is -2.28. The summed E-state index contributed by atoms with van der Waals surface area (Å²) in [5, 5.41) is 38.5. The van der Waals surface area contributed by atoms with Crippen LogP contribution in [-0.2, 0) is 25.7 Å². The van der Waals surface area contributed by atoms with Crippen molar-refractivity contribution in [3.05, 3.63) is 29.8 Å². The molecule has 1 aromatic carbocycles. The lowest BCUT2D eigenvalue weighted by molar-refractivity contribution is -0.143. The standard InChI is InChI=1S/C20H26N4O8S/c25-17(26)10-22(6-8-24(12-19(29)30)13-20(31)32)5-7-23(11-18(27)28)9-15-1-3-16(4-2-15)21-14-33/h1-4H,5-13H2,(H,25,26)(H,27,28)(H,29,30)(H,31,32). The van der Waals surface area contributed by atoms with Gasteiger partial charge < -0.3 is 20.4 Å². The highest BCUT2D eigenvalue weighted by atomic mass is 32.1. The molecule has 0 radical (unpaired) electrons. The van der Waals surface area contributed by atoms with Crippen LogP contribution in [0.15, 0.2) is 29.3 Å². The van der Waals surface area contributed by atoms with Crippen molar-refractivity contribution >= 4 is 46.9 Å². The van der Waals surface area contributed by atoms with Crippen molar-refractivity contribution < 1.29 is 39.6 Å². The normalized spacial score (nSPS) is 10.9. The van der Waals surface area contributed by atoms with Crippen molar-refractivity contribution in [2.75, 3.05) is 52.4 Å². The highest BCUT2D eigenvalue weighted by Crippen LogP contribution is 2.14. The number of carboxylic acid groups (broad SMARTS) is 4. The molecule has 0 spiro atoms. The molecule has 0 aliphatic rings. The summed E-state index contributed by atoms with van der Waals surface area (Å²) in [6.07, 6.45) is 0. The third-order valence-corrected chi connectivity index (χ3v) is 4.51. The van der Waals surface area contributed by atoms with Crippen molar-refractivity contribution in [3.8, 4) is 0 Å². The van der Waals surface area contributed by atoms with Crippen molar-refractivity contribution in [2.24, 2.45) is 4.99 Å². The molecule has 0 aromatic heterocycles. The van der Waals surface area contributed by atoms with Crippen LogP contribution in [0.2, 0.25) is 0 Å². The quantitative estimate of drug-likeness (QED) is 0.175. The van der Waals surface area contributed by atoms with Crippen LogP contribution < -0.4 is 0 Å². The van der Waals surface area contributed by atoms with E-state index < -0.39 is 37.0 Å². The van der Waals surface area contributed by atoms with E-state index in [2.05, 4.69) is 22.4 Å². The zero-order valence-corrected chi connectivity index (χ0v) is 18.6. The summed E-state index contributed by atoms with van der Waals surface area (Å²) in [4.78, 5) is 52.6. The van der Waals surface area contributed by atoms with Gasteiger partial charge in [0, 0.05) is 32.7 Å². The topological polar surface area (TPSA) is 171 Å². The number of benzene rings is 1. The molecule has 13 heteroatoms. The Morgan fingerprint density at radius 1 is 0.697 bits per heavy atom. The second-order valence-corrected chi connectivity index (χ2v) is 7.32. The zero-order valence-electron chi connectivity index (χ0n) is 17.8. The Bertz CT molecular complexity index is 857. The van der Waals surface area contributed by atoms with Gasteiger partial charge in [0.2, 0.25) is 0 Å². The molecular formula is C20H26N4O8S. The molecule has 0 aliphatic heterocycles. The van der Waals surface area contributed by atoms with Crippen LogP contribution >= 0.6 is 12.2 Å². The van der Waals surface area contributed by atoms with Gasteiger partial charge in [-0.05, 0) is 29.9 Å². The molecule has 180 valence electrons. The maximum absolute atomic E-state index is 11.3. The van der Waals surface area contributed by atoms with Gasteiger partial charge in [-0.2, -0.15) is 4.99 Å². The highest BCUT2D eigenvalue weighted by Gasteiger charge is 2.18. The summed E-state index contributed by atoms with van der Waals surface area (Å²) in [5.74, 6) is -4.56. The van der Waals surface area contributed by atoms with Gasteiger partial charge in [0.1, 0.15) is 0 Å². The molecule has 0 saturated heterocycles. The van der Waals surface area contributed by atoms with Crippen LogP contribution in [-0.4, -0.2) is 117 Å². The van der Waals surface area contributed by atoms with Gasteiger partial charge >= 0.3 is 23.9 Å². The second kappa shape index (κ2) is 14.8. The number of isothiocyanates is 1. The van der Waals surface area contributed by atoms with Gasteiger partial charge in [-0.1, -0.05) is 12.1 Å². The third kappa shape index (κ3) is 13.0. The summed E-state index contributed by atoms with van der Waals surface area (Å²) >= 11 is 4.55. The molecule has 0 amide bonds. The maximum Gasteiger partial charge on any atom is 0.317 e. The first-order valence-corrected chi connectivity index (χ1v) is 10.2. The first kappa shape index (κ1) is 27.8. The predicted molar refractivity (Wildman–Crippen MR) is 120 cm³/mol. The van der Waals surface area contributed by atoms with Gasteiger partial charge in [0.05, 0.1) is 37.0 Å². The van der Waals surface area contributed by atoms with E-state index in [0.29, 0.717) is 12.2 Å². The highest BCUT2D eigenvalue weighted by molar-refractivity contribution is 7.78. The van der Waals surface area contributed by atoms with Gasteiger partial charge in [0.25, 0.3) is 0 Å². The fraction of sp³-hybridized carbons (Fsp3) is 0.450. The minimum atomic E-state index is -1.20. The first-order valence-electron chi connectivity index (χ1n) is 9.80. The molecule has 0 saturated carbocycles. The molecule has 0 heterocycles. The number of hydrogen-bond donors (Lipinski definition) is 4. The van der Waals surface area contributed by atoms with Gasteiger partial charge in [-0.15, -0.1) is 0 Å². The van der Waals surface area contributed by atoms with E-state index in [1.54, 1.807) is 29.2 Å². The third-order valence-electron chi connectivity index (χ3n) is 4.42.